The Morgan fingerprint density at radius 2 is 2.11 bits per heavy atom. The molecule has 0 saturated heterocycles. The molecule has 6 heteroatoms. The molecule has 1 amide bonds. The van der Waals surface area contributed by atoms with Gasteiger partial charge in [-0.25, -0.2) is 10.8 Å². The van der Waals surface area contributed by atoms with Gasteiger partial charge < -0.3 is 15.2 Å². The lowest BCUT2D eigenvalue weighted by Crippen LogP contribution is -2.33. The molecule has 1 aromatic rings. The molecule has 0 radical (unpaired) electrons. The van der Waals surface area contributed by atoms with E-state index in [9.17, 15) is 4.79 Å². The topological polar surface area (TPSA) is 74.5 Å². The number of hydrogen-bond donors (Lipinski definition) is 2. The number of anilines is 1. The van der Waals surface area contributed by atoms with Gasteiger partial charge in [0.25, 0.3) is 5.91 Å². The van der Waals surface area contributed by atoms with Crippen LogP contribution in [0.3, 0.4) is 0 Å². The lowest BCUT2D eigenvalue weighted by Gasteiger charge is -2.21. The SMILES string of the molecule is CCN(CCCN(C)C)C(=O)c1ccc(NN)nc1. The van der Waals surface area contributed by atoms with E-state index in [-0.39, 0.29) is 5.91 Å². The van der Waals surface area contributed by atoms with E-state index in [4.69, 9.17) is 5.84 Å². The fraction of sp³-hybridized carbons (Fsp3) is 0.538. The monoisotopic (exact) mass is 265 g/mol. The van der Waals surface area contributed by atoms with Gasteiger partial charge in [-0.1, -0.05) is 0 Å². The first kappa shape index (κ1) is 15.4. The van der Waals surface area contributed by atoms with Crippen LogP contribution in [0.15, 0.2) is 18.3 Å². The van der Waals surface area contributed by atoms with Crippen LogP contribution in [-0.2, 0) is 0 Å². The van der Waals surface area contributed by atoms with Crippen molar-refractivity contribution in [3.8, 4) is 0 Å². The molecular formula is C13H23N5O. The minimum absolute atomic E-state index is 0.0114. The predicted octanol–water partition coefficient (Wildman–Crippen LogP) is 0.781. The van der Waals surface area contributed by atoms with Gasteiger partial charge in [0.2, 0.25) is 0 Å². The molecule has 106 valence electrons. The normalized spacial score (nSPS) is 10.6. The Morgan fingerprint density at radius 1 is 1.37 bits per heavy atom. The molecule has 0 atom stereocenters. The van der Waals surface area contributed by atoms with Crippen LogP contribution in [-0.4, -0.2) is 54.4 Å². The number of carbonyl (C=O) groups excluding carboxylic acids is 1. The van der Waals surface area contributed by atoms with E-state index >= 15 is 0 Å². The Balaban J connectivity index is 2.61. The zero-order chi connectivity index (χ0) is 14.3. The van der Waals surface area contributed by atoms with E-state index in [1.54, 1.807) is 18.3 Å². The number of nitrogens with two attached hydrogens (primary N) is 1. The summed E-state index contributed by atoms with van der Waals surface area (Å²) in [4.78, 5) is 20.3. The molecule has 0 aromatic carbocycles. The van der Waals surface area contributed by atoms with Crippen molar-refractivity contribution in [3.05, 3.63) is 23.9 Å². The van der Waals surface area contributed by atoms with Gasteiger partial charge in [-0.15, -0.1) is 0 Å². The number of carbonyl (C=O) groups is 1. The number of aromatic nitrogens is 1. The number of amides is 1. The molecule has 0 aliphatic rings. The van der Waals surface area contributed by atoms with E-state index in [0.29, 0.717) is 17.9 Å². The van der Waals surface area contributed by atoms with Gasteiger partial charge in [0, 0.05) is 19.3 Å². The maximum absolute atomic E-state index is 12.3. The van der Waals surface area contributed by atoms with Crippen molar-refractivity contribution in [2.24, 2.45) is 5.84 Å². The zero-order valence-corrected chi connectivity index (χ0v) is 11.9. The van der Waals surface area contributed by atoms with Gasteiger partial charge in [-0.2, -0.15) is 0 Å². The van der Waals surface area contributed by atoms with Gasteiger partial charge in [0.15, 0.2) is 0 Å². The fourth-order valence-electron chi connectivity index (χ4n) is 1.77. The summed E-state index contributed by atoms with van der Waals surface area (Å²) < 4.78 is 0. The second kappa shape index (κ2) is 7.70. The first-order valence-corrected chi connectivity index (χ1v) is 6.45. The van der Waals surface area contributed by atoms with Crippen molar-refractivity contribution < 1.29 is 4.79 Å². The Hall–Kier alpha value is -1.66. The van der Waals surface area contributed by atoms with Crippen molar-refractivity contribution in [2.45, 2.75) is 13.3 Å². The van der Waals surface area contributed by atoms with Crippen molar-refractivity contribution in [1.82, 2.24) is 14.8 Å². The Labute approximate surface area is 114 Å². The predicted molar refractivity (Wildman–Crippen MR) is 76.8 cm³/mol. The van der Waals surface area contributed by atoms with E-state index in [1.165, 1.54) is 0 Å². The maximum atomic E-state index is 12.3. The highest BCUT2D eigenvalue weighted by molar-refractivity contribution is 5.94. The molecule has 0 fully saturated rings. The molecule has 1 rings (SSSR count). The molecule has 0 spiro atoms. The second-order valence-electron chi connectivity index (χ2n) is 4.62. The number of hydrazine groups is 1. The van der Waals surface area contributed by atoms with Crippen molar-refractivity contribution in [1.29, 1.82) is 0 Å². The number of nitrogens with one attached hydrogen (secondary N) is 1. The minimum atomic E-state index is 0.0114. The number of nitrogen functional groups attached to an aromatic ring is 1. The van der Waals surface area contributed by atoms with Crippen LogP contribution in [0.2, 0.25) is 0 Å². The summed E-state index contributed by atoms with van der Waals surface area (Å²) in [6.07, 6.45) is 2.51. The third kappa shape index (κ3) is 4.84. The van der Waals surface area contributed by atoms with E-state index < -0.39 is 0 Å². The molecular weight excluding hydrogens is 242 g/mol. The van der Waals surface area contributed by atoms with Crippen LogP contribution in [0, 0.1) is 0 Å². The molecule has 0 aliphatic heterocycles. The standard InChI is InChI=1S/C13H23N5O/c1-4-18(9-5-8-17(2)3)13(19)11-6-7-12(16-14)15-10-11/h6-7,10H,4-5,8-9,14H2,1-3H3,(H,15,16). The minimum Gasteiger partial charge on any atom is -0.339 e. The van der Waals surface area contributed by atoms with Crippen LogP contribution in [0.4, 0.5) is 5.82 Å². The van der Waals surface area contributed by atoms with Crippen LogP contribution in [0.1, 0.15) is 23.7 Å². The van der Waals surface area contributed by atoms with Gasteiger partial charge in [-0.3, -0.25) is 4.79 Å². The molecule has 19 heavy (non-hydrogen) atoms. The summed E-state index contributed by atoms with van der Waals surface area (Å²) in [5.74, 6) is 5.80. The fourth-order valence-corrected chi connectivity index (χ4v) is 1.77. The highest BCUT2D eigenvalue weighted by Gasteiger charge is 2.14. The molecule has 1 aromatic heterocycles. The highest BCUT2D eigenvalue weighted by atomic mass is 16.2. The number of nitrogens with zero attached hydrogens (tertiary/aromatic N) is 3. The summed E-state index contributed by atoms with van der Waals surface area (Å²) in [5.41, 5.74) is 3.03. The summed E-state index contributed by atoms with van der Waals surface area (Å²) >= 11 is 0. The van der Waals surface area contributed by atoms with Crippen LogP contribution in [0.5, 0.6) is 0 Å². The third-order valence-electron chi connectivity index (χ3n) is 2.86. The van der Waals surface area contributed by atoms with Gasteiger partial charge in [0.1, 0.15) is 5.82 Å². The molecule has 6 nitrogen and oxygen atoms in total. The van der Waals surface area contributed by atoms with E-state index in [2.05, 4.69) is 15.3 Å². The summed E-state index contributed by atoms with van der Waals surface area (Å²) in [6, 6.07) is 3.43. The van der Waals surface area contributed by atoms with Crippen molar-refractivity contribution in [2.75, 3.05) is 39.2 Å². The smallest absolute Gasteiger partial charge is 0.255 e. The lowest BCUT2D eigenvalue weighted by molar-refractivity contribution is 0.0759. The van der Waals surface area contributed by atoms with Crippen LogP contribution < -0.4 is 11.3 Å². The maximum Gasteiger partial charge on any atom is 0.255 e. The number of pyridine rings is 1. The molecule has 3 N–H and O–H groups in total. The number of rotatable bonds is 7. The second-order valence-corrected chi connectivity index (χ2v) is 4.62. The van der Waals surface area contributed by atoms with Crippen molar-refractivity contribution >= 4 is 11.7 Å². The van der Waals surface area contributed by atoms with Gasteiger partial charge >= 0.3 is 0 Å². The zero-order valence-electron chi connectivity index (χ0n) is 11.9. The Morgan fingerprint density at radius 3 is 2.58 bits per heavy atom. The quantitative estimate of drug-likeness (QED) is 0.563. The first-order chi connectivity index (χ1) is 9.08. The third-order valence-corrected chi connectivity index (χ3v) is 2.86. The van der Waals surface area contributed by atoms with E-state index in [1.807, 2.05) is 25.9 Å². The summed E-state index contributed by atoms with van der Waals surface area (Å²) in [7, 11) is 4.06. The number of hydrogen-bond acceptors (Lipinski definition) is 5. The molecule has 0 saturated carbocycles. The van der Waals surface area contributed by atoms with E-state index in [0.717, 1.165) is 19.5 Å². The first-order valence-electron chi connectivity index (χ1n) is 6.45. The lowest BCUT2D eigenvalue weighted by atomic mass is 10.2. The average Bonchev–Trinajstić information content (AvgIpc) is 2.43. The highest BCUT2D eigenvalue weighted by Crippen LogP contribution is 2.07. The largest absolute Gasteiger partial charge is 0.339 e. The molecule has 1 heterocycles. The van der Waals surface area contributed by atoms with Gasteiger partial charge in [-0.05, 0) is 46.1 Å². The summed E-state index contributed by atoms with van der Waals surface area (Å²) in [5, 5.41) is 0. The van der Waals surface area contributed by atoms with Gasteiger partial charge in [0.05, 0.1) is 5.56 Å². The Bertz CT molecular complexity index is 391. The summed E-state index contributed by atoms with van der Waals surface area (Å²) in [6.45, 7) is 4.41. The van der Waals surface area contributed by atoms with Crippen LogP contribution >= 0.6 is 0 Å². The van der Waals surface area contributed by atoms with Crippen molar-refractivity contribution in [3.63, 3.8) is 0 Å². The Kier molecular flexibility index (Phi) is 6.24. The molecule has 0 bridgehead atoms. The molecule has 0 aliphatic carbocycles. The molecule has 0 unspecified atom stereocenters. The average molecular weight is 265 g/mol. The van der Waals surface area contributed by atoms with Crippen LogP contribution in [0.25, 0.3) is 0 Å².